The molecule has 2 aromatic rings. The Morgan fingerprint density at radius 2 is 2.00 bits per heavy atom. The summed E-state index contributed by atoms with van der Waals surface area (Å²) in [4.78, 5) is 0. The van der Waals surface area contributed by atoms with Crippen molar-refractivity contribution in [2.75, 3.05) is 12.3 Å². The van der Waals surface area contributed by atoms with Crippen LogP contribution in [-0.2, 0) is 0 Å². The Bertz CT molecular complexity index is 822. The van der Waals surface area contributed by atoms with Crippen LogP contribution in [-0.4, -0.2) is 12.2 Å². The lowest BCUT2D eigenvalue weighted by molar-refractivity contribution is 0.0633. The van der Waals surface area contributed by atoms with Crippen molar-refractivity contribution >= 4 is 17.3 Å². The largest absolute Gasteiger partial charge is 0.492 e. The van der Waals surface area contributed by atoms with Crippen molar-refractivity contribution in [3.05, 3.63) is 52.5 Å². The van der Waals surface area contributed by atoms with E-state index in [2.05, 4.69) is 25.2 Å². The number of nitrogens with one attached hydrogen (secondary N) is 1. The molecule has 4 nitrogen and oxygen atoms in total. The first-order valence-corrected chi connectivity index (χ1v) is 9.56. The van der Waals surface area contributed by atoms with Crippen LogP contribution in [0.2, 0.25) is 5.02 Å². The number of hydrogen-bond donors (Lipinski definition) is 2. The van der Waals surface area contributed by atoms with Crippen LogP contribution in [0, 0.1) is 0 Å². The maximum atomic E-state index is 6.38. The number of halogens is 1. The van der Waals surface area contributed by atoms with Crippen LogP contribution in [0.25, 0.3) is 0 Å². The van der Waals surface area contributed by atoms with Gasteiger partial charge in [-0.3, -0.25) is 0 Å². The molecule has 0 spiro atoms. The third-order valence-electron chi connectivity index (χ3n) is 5.15. The fourth-order valence-electron chi connectivity index (χ4n) is 4.01. The lowest BCUT2D eigenvalue weighted by atomic mass is 9.88. The Morgan fingerprint density at radius 1 is 1.15 bits per heavy atom. The van der Waals surface area contributed by atoms with Crippen molar-refractivity contribution in [3.63, 3.8) is 0 Å². The van der Waals surface area contributed by atoms with Gasteiger partial charge in [-0.15, -0.1) is 0 Å². The van der Waals surface area contributed by atoms with Crippen LogP contribution in [0.1, 0.15) is 56.3 Å². The van der Waals surface area contributed by atoms with E-state index in [0.717, 1.165) is 47.6 Å². The number of benzene rings is 2. The van der Waals surface area contributed by atoms with E-state index in [1.807, 2.05) is 30.3 Å². The highest BCUT2D eigenvalue weighted by atomic mass is 35.5. The molecule has 2 aliphatic heterocycles. The van der Waals surface area contributed by atoms with E-state index in [1.54, 1.807) is 0 Å². The average Bonchev–Trinajstić information content (AvgIpc) is 2.78. The highest BCUT2D eigenvalue weighted by molar-refractivity contribution is 6.32. The van der Waals surface area contributed by atoms with Gasteiger partial charge in [0.2, 0.25) is 0 Å². The van der Waals surface area contributed by atoms with Gasteiger partial charge in [-0.25, -0.2) is 0 Å². The molecule has 2 aromatic carbocycles. The van der Waals surface area contributed by atoms with Gasteiger partial charge in [0.25, 0.3) is 0 Å². The molecule has 0 aliphatic carbocycles. The molecule has 0 radical (unpaired) electrons. The first-order chi connectivity index (χ1) is 12.4. The van der Waals surface area contributed by atoms with Crippen molar-refractivity contribution in [1.82, 2.24) is 5.32 Å². The third-order valence-corrected chi connectivity index (χ3v) is 5.45. The van der Waals surface area contributed by atoms with Gasteiger partial charge < -0.3 is 20.5 Å². The first kappa shape index (κ1) is 17.5. The topological polar surface area (TPSA) is 56.5 Å². The van der Waals surface area contributed by atoms with Gasteiger partial charge in [-0.05, 0) is 51.0 Å². The lowest BCUT2D eigenvalue weighted by Crippen LogP contribution is -2.40. The molecule has 2 heterocycles. The van der Waals surface area contributed by atoms with Gasteiger partial charge in [-0.2, -0.15) is 0 Å². The predicted molar refractivity (Wildman–Crippen MR) is 105 cm³/mol. The third kappa shape index (κ3) is 3.36. The average molecular weight is 373 g/mol. The summed E-state index contributed by atoms with van der Waals surface area (Å²) in [6.45, 7) is 4.95. The van der Waals surface area contributed by atoms with Crippen molar-refractivity contribution < 1.29 is 9.47 Å². The van der Waals surface area contributed by atoms with E-state index in [4.69, 9.17) is 26.8 Å². The second kappa shape index (κ2) is 6.67. The highest BCUT2D eigenvalue weighted by Gasteiger charge is 2.35. The number of fused-ring (bicyclic) bond motifs is 2. The van der Waals surface area contributed by atoms with E-state index < -0.39 is 0 Å². The summed E-state index contributed by atoms with van der Waals surface area (Å²) in [5, 5.41) is 4.52. The number of nitrogens with two attached hydrogens (primary N) is 1. The zero-order valence-corrected chi connectivity index (χ0v) is 16.0. The Morgan fingerprint density at radius 3 is 2.85 bits per heavy atom. The molecule has 4 rings (SSSR count). The summed E-state index contributed by atoms with van der Waals surface area (Å²) in [5.41, 5.74) is 8.82. The molecule has 0 saturated carbocycles. The Kier molecular flexibility index (Phi) is 4.49. The summed E-state index contributed by atoms with van der Waals surface area (Å²) in [5.74, 6) is 1.72. The van der Waals surface area contributed by atoms with Gasteiger partial charge in [-0.1, -0.05) is 23.7 Å². The fraction of sp³-hybridized carbons (Fsp3) is 0.429. The highest BCUT2D eigenvalue weighted by Crippen LogP contribution is 2.43. The minimum absolute atomic E-state index is 0.159. The number of ether oxygens (including phenoxy) is 2. The van der Waals surface area contributed by atoms with Crippen LogP contribution in [0.15, 0.2) is 36.4 Å². The van der Waals surface area contributed by atoms with E-state index in [-0.39, 0.29) is 17.7 Å². The first-order valence-electron chi connectivity index (χ1n) is 9.19. The molecule has 0 fully saturated rings. The number of anilines is 1. The molecular weight excluding hydrogens is 348 g/mol. The number of nitrogen functional groups attached to an aromatic ring is 1. The van der Waals surface area contributed by atoms with Gasteiger partial charge in [0.15, 0.2) is 0 Å². The zero-order chi connectivity index (χ0) is 18.3. The van der Waals surface area contributed by atoms with Gasteiger partial charge in [0.05, 0.1) is 11.6 Å². The zero-order valence-electron chi connectivity index (χ0n) is 15.2. The summed E-state index contributed by atoms with van der Waals surface area (Å²) in [6, 6.07) is 12.2. The maximum absolute atomic E-state index is 6.38. The van der Waals surface area contributed by atoms with Crippen molar-refractivity contribution in [2.45, 2.75) is 50.8 Å². The Balaban J connectivity index is 1.69. The summed E-state index contributed by atoms with van der Waals surface area (Å²) < 4.78 is 12.1. The second-order valence-corrected chi connectivity index (χ2v) is 8.19. The predicted octanol–water partition coefficient (Wildman–Crippen LogP) is 5.03. The minimum Gasteiger partial charge on any atom is -0.492 e. The quantitative estimate of drug-likeness (QED) is 0.726. The molecule has 2 unspecified atom stereocenters. The van der Waals surface area contributed by atoms with Crippen LogP contribution in [0.5, 0.6) is 11.5 Å². The summed E-state index contributed by atoms with van der Waals surface area (Å²) in [6.07, 6.45) is 2.86. The van der Waals surface area contributed by atoms with Crippen molar-refractivity contribution in [3.8, 4) is 11.5 Å². The van der Waals surface area contributed by atoms with Crippen LogP contribution >= 0.6 is 11.6 Å². The molecule has 5 heteroatoms. The van der Waals surface area contributed by atoms with E-state index in [1.165, 1.54) is 0 Å². The fourth-order valence-corrected chi connectivity index (χ4v) is 4.24. The van der Waals surface area contributed by atoms with Crippen LogP contribution in [0.3, 0.4) is 0 Å². The van der Waals surface area contributed by atoms with E-state index in [0.29, 0.717) is 11.6 Å². The molecule has 2 atom stereocenters. The number of hydrogen-bond acceptors (Lipinski definition) is 4. The Labute approximate surface area is 159 Å². The smallest absolute Gasteiger partial charge is 0.142 e. The van der Waals surface area contributed by atoms with Crippen LogP contribution < -0.4 is 20.5 Å². The van der Waals surface area contributed by atoms with Crippen LogP contribution in [0.4, 0.5) is 5.69 Å². The standard InChI is InChI=1S/C21H25ClN2O2/c1-21(2)12-18(15-11-13(23)8-9-19(15)26-21)24-17-7-4-10-25-20-14(17)5-3-6-16(20)22/h3,5-6,8-9,11,17-18,24H,4,7,10,12,23H2,1-2H3. The van der Waals surface area contributed by atoms with Crippen molar-refractivity contribution in [1.29, 1.82) is 0 Å². The van der Waals surface area contributed by atoms with Gasteiger partial charge in [0.1, 0.15) is 17.1 Å². The molecule has 0 bridgehead atoms. The monoisotopic (exact) mass is 372 g/mol. The normalized spacial score (nSPS) is 23.8. The molecular formula is C21H25ClN2O2. The number of rotatable bonds is 2. The SMILES string of the molecule is CC1(C)CC(NC2CCCOc3c(Cl)cccc32)c2cc(N)ccc2O1. The molecule has 0 amide bonds. The van der Waals surface area contributed by atoms with Gasteiger partial charge >= 0.3 is 0 Å². The molecule has 2 aliphatic rings. The van der Waals surface area contributed by atoms with Crippen molar-refractivity contribution in [2.24, 2.45) is 0 Å². The number of para-hydroxylation sites is 1. The van der Waals surface area contributed by atoms with E-state index in [9.17, 15) is 0 Å². The molecule has 0 aromatic heterocycles. The maximum Gasteiger partial charge on any atom is 0.142 e. The molecule has 3 N–H and O–H groups in total. The summed E-state index contributed by atoms with van der Waals surface area (Å²) in [7, 11) is 0. The molecule has 138 valence electrons. The Hall–Kier alpha value is -1.91. The van der Waals surface area contributed by atoms with Gasteiger partial charge in [0, 0.05) is 35.3 Å². The molecule has 26 heavy (non-hydrogen) atoms. The second-order valence-electron chi connectivity index (χ2n) is 7.78. The lowest BCUT2D eigenvalue weighted by Gasteiger charge is -2.39. The minimum atomic E-state index is -0.237. The van der Waals surface area contributed by atoms with E-state index >= 15 is 0 Å². The summed E-state index contributed by atoms with van der Waals surface area (Å²) >= 11 is 6.38. The molecule has 0 saturated heterocycles.